The van der Waals surface area contributed by atoms with Crippen molar-refractivity contribution in [2.45, 2.75) is 42.4 Å². The first kappa shape index (κ1) is 22.8. The normalized spacial score (nSPS) is 26.1. The van der Waals surface area contributed by atoms with Gasteiger partial charge in [-0.1, -0.05) is 0 Å². The molecular weight excluding hydrogens is 430 g/mol. The number of sulfonamides is 1. The first-order valence-electron chi connectivity index (χ1n) is 9.27. The third-order valence-corrected chi connectivity index (χ3v) is 5.91. The van der Waals surface area contributed by atoms with Crippen molar-refractivity contribution in [3.63, 3.8) is 0 Å². The fourth-order valence-corrected chi connectivity index (χ4v) is 4.02. The Morgan fingerprint density at radius 3 is 2.35 bits per heavy atom. The van der Waals surface area contributed by atoms with E-state index in [0.717, 1.165) is 0 Å². The summed E-state index contributed by atoms with van der Waals surface area (Å²) in [7, 11) is -3.92. The molecule has 1 aliphatic rings. The van der Waals surface area contributed by atoms with Crippen LogP contribution in [0.4, 0.5) is 11.6 Å². The molecule has 2 aromatic rings. The second-order valence-electron chi connectivity index (χ2n) is 6.83. The van der Waals surface area contributed by atoms with Gasteiger partial charge in [0.05, 0.1) is 11.5 Å². The van der Waals surface area contributed by atoms with Gasteiger partial charge in [-0.2, -0.15) is 0 Å². The van der Waals surface area contributed by atoms with Crippen LogP contribution in [-0.2, 0) is 19.6 Å². The maximum atomic E-state index is 12.5. The van der Waals surface area contributed by atoms with Gasteiger partial charge in [0, 0.05) is 25.0 Å². The molecule has 1 fully saturated rings. The van der Waals surface area contributed by atoms with E-state index in [1.807, 2.05) is 0 Å². The minimum Gasteiger partial charge on any atom is -0.394 e. The summed E-state index contributed by atoms with van der Waals surface area (Å²) in [5, 5.41) is 35.2. The molecule has 1 amide bonds. The van der Waals surface area contributed by atoms with Crippen molar-refractivity contribution in [2.24, 2.45) is 0 Å². The number of carbonyl (C=O) groups is 1. The Morgan fingerprint density at radius 2 is 1.77 bits per heavy atom. The lowest BCUT2D eigenvalue weighted by molar-refractivity contribution is -0.188. The summed E-state index contributed by atoms with van der Waals surface area (Å²) in [6.07, 6.45) is -2.08. The summed E-state index contributed by atoms with van der Waals surface area (Å²) in [6.45, 7) is 0.699. The molecule has 0 unspecified atom stereocenters. The zero-order chi connectivity index (χ0) is 22.6. The van der Waals surface area contributed by atoms with Crippen LogP contribution in [-0.4, -0.2) is 76.8 Å². The Labute approximate surface area is 178 Å². The first-order valence-corrected chi connectivity index (χ1v) is 10.8. The van der Waals surface area contributed by atoms with Crippen LogP contribution >= 0.6 is 0 Å². The highest BCUT2D eigenvalue weighted by atomic mass is 32.2. The van der Waals surface area contributed by atoms with Crippen molar-refractivity contribution < 1.29 is 33.3 Å². The maximum Gasteiger partial charge on any atom is 0.264 e. The van der Waals surface area contributed by atoms with Gasteiger partial charge in [-0.15, -0.1) is 0 Å². The third-order valence-electron chi connectivity index (χ3n) is 4.56. The monoisotopic (exact) mass is 453 g/mol. The highest BCUT2D eigenvalue weighted by molar-refractivity contribution is 7.92. The van der Waals surface area contributed by atoms with E-state index in [1.165, 1.54) is 43.6 Å². The summed E-state index contributed by atoms with van der Waals surface area (Å²) in [5.41, 5.74) is 0.413. The van der Waals surface area contributed by atoms with Gasteiger partial charge >= 0.3 is 0 Å². The summed E-state index contributed by atoms with van der Waals surface area (Å²) in [6, 6.07) is 6.12. The molecule has 0 aliphatic carbocycles. The third kappa shape index (κ3) is 5.45. The van der Waals surface area contributed by atoms with Crippen LogP contribution in [0.25, 0.3) is 0 Å². The molecule has 1 aliphatic heterocycles. The van der Waals surface area contributed by atoms with Crippen LogP contribution in [0, 0.1) is 0 Å². The van der Waals surface area contributed by atoms with Crippen LogP contribution in [0.5, 0.6) is 0 Å². The number of aliphatic hydroxyl groups is 3. The van der Waals surface area contributed by atoms with Crippen LogP contribution in [0.2, 0.25) is 0 Å². The Balaban J connectivity index is 1.76. The number of carbonyl (C=O) groups excluding carboxylic acids is 1. The number of aromatic nitrogens is 2. The Morgan fingerprint density at radius 1 is 1.13 bits per heavy atom. The van der Waals surface area contributed by atoms with Crippen molar-refractivity contribution in [2.75, 3.05) is 16.6 Å². The molecular formula is C18H23N5O7S. The van der Waals surface area contributed by atoms with E-state index in [2.05, 4.69) is 25.3 Å². The van der Waals surface area contributed by atoms with Gasteiger partial charge in [0.15, 0.2) is 6.23 Å². The van der Waals surface area contributed by atoms with E-state index >= 15 is 0 Å². The molecule has 0 radical (unpaired) electrons. The number of hydrogen-bond acceptors (Lipinski definition) is 10. The van der Waals surface area contributed by atoms with Crippen LogP contribution in [0.1, 0.15) is 6.92 Å². The van der Waals surface area contributed by atoms with Crippen LogP contribution in [0.3, 0.4) is 0 Å². The topological polar surface area (TPSA) is 183 Å². The Bertz CT molecular complexity index is 990. The van der Waals surface area contributed by atoms with Crippen molar-refractivity contribution in [1.82, 2.24) is 15.3 Å². The van der Waals surface area contributed by atoms with Crippen molar-refractivity contribution in [3.8, 4) is 0 Å². The second-order valence-corrected chi connectivity index (χ2v) is 8.51. The van der Waals surface area contributed by atoms with Gasteiger partial charge < -0.3 is 30.7 Å². The molecule has 5 atom stereocenters. The molecule has 31 heavy (non-hydrogen) atoms. The summed E-state index contributed by atoms with van der Waals surface area (Å²) in [4.78, 5) is 19.1. The smallest absolute Gasteiger partial charge is 0.264 e. The van der Waals surface area contributed by atoms with Gasteiger partial charge in [0.25, 0.3) is 10.0 Å². The van der Waals surface area contributed by atoms with E-state index in [1.54, 1.807) is 6.07 Å². The minimum atomic E-state index is -3.92. The zero-order valence-electron chi connectivity index (χ0n) is 16.4. The molecule has 1 aromatic heterocycles. The number of nitrogens with zero attached hydrogens (tertiary/aromatic N) is 2. The van der Waals surface area contributed by atoms with Crippen molar-refractivity contribution >= 4 is 27.6 Å². The number of ether oxygens (including phenoxy) is 1. The molecule has 2 heterocycles. The molecule has 13 heteroatoms. The lowest BCUT2D eigenvalue weighted by Crippen LogP contribution is -2.65. The molecule has 12 nitrogen and oxygen atoms in total. The molecule has 3 rings (SSSR count). The predicted molar refractivity (Wildman–Crippen MR) is 108 cm³/mol. The van der Waals surface area contributed by atoms with E-state index in [0.29, 0.717) is 5.69 Å². The standard InChI is InChI=1S/C18H23N5O7S/c1-10(25)21-14-16(27)15(26)13(9-24)30-17(14)22-11-3-5-12(6-4-11)31(28,29)23-18-19-7-2-8-20-18/h2-8,13-17,22,24,26-27H,9H2,1H3,(H,21,25)(H,19,20,23)/t13-,14-,15+,16+,17-/m0/s1. The molecule has 0 saturated carbocycles. The number of benzene rings is 1. The van der Waals surface area contributed by atoms with Gasteiger partial charge in [-0.25, -0.2) is 23.1 Å². The van der Waals surface area contributed by atoms with Gasteiger partial charge in [0.2, 0.25) is 11.9 Å². The SMILES string of the molecule is CC(=O)N[C@H]1[C@@H](O)[C@H](O)[C@H](CO)O[C@@H]1Nc1ccc(S(=O)(=O)Nc2ncccn2)cc1. The molecule has 0 bridgehead atoms. The summed E-state index contributed by atoms with van der Waals surface area (Å²) >= 11 is 0. The molecule has 1 aromatic carbocycles. The first-order chi connectivity index (χ1) is 14.7. The highest BCUT2D eigenvalue weighted by Gasteiger charge is 2.44. The Hall–Kier alpha value is -2.84. The van der Waals surface area contributed by atoms with E-state index < -0.39 is 53.1 Å². The lowest BCUT2D eigenvalue weighted by atomic mass is 9.96. The Kier molecular flexibility index (Phi) is 7.02. The number of amides is 1. The summed E-state index contributed by atoms with van der Waals surface area (Å²) < 4.78 is 32.8. The zero-order valence-corrected chi connectivity index (χ0v) is 17.2. The van der Waals surface area contributed by atoms with E-state index in [-0.39, 0.29) is 10.8 Å². The average molecular weight is 453 g/mol. The average Bonchev–Trinajstić information content (AvgIpc) is 2.74. The number of rotatable bonds is 7. The highest BCUT2D eigenvalue weighted by Crippen LogP contribution is 2.24. The number of anilines is 2. The van der Waals surface area contributed by atoms with Crippen molar-refractivity contribution in [1.29, 1.82) is 0 Å². The lowest BCUT2D eigenvalue weighted by Gasteiger charge is -2.43. The fraction of sp³-hybridized carbons (Fsp3) is 0.389. The van der Waals surface area contributed by atoms with Gasteiger partial charge in [-0.05, 0) is 30.3 Å². The van der Waals surface area contributed by atoms with Gasteiger partial charge in [0.1, 0.15) is 24.4 Å². The second kappa shape index (κ2) is 9.53. The van der Waals surface area contributed by atoms with Crippen LogP contribution < -0.4 is 15.4 Å². The summed E-state index contributed by atoms with van der Waals surface area (Å²) in [5.74, 6) is -0.522. The predicted octanol–water partition coefficient (Wildman–Crippen LogP) is -1.37. The maximum absolute atomic E-state index is 12.5. The number of hydrogen-bond donors (Lipinski definition) is 6. The van der Waals surface area contributed by atoms with E-state index in [9.17, 15) is 28.5 Å². The molecule has 168 valence electrons. The van der Waals surface area contributed by atoms with E-state index in [4.69, 9.17) is 4.74 Å². The van der Waals surface area contributed by atoms with Crippen LogP contribution in [0.15, 0.2) is 47.6 Å². The van der Waals surface area contributed by atoms with Gasteiger partial charge in [-0.3, -0.25) is 4.79 Å². The largest absolute Gasteiger partial charge is 0.394 e. The molecule has 6 N–H and O–H groups in total. The molecule has 0 spiro atoms. The fourth-order valence-electron chi connectivity index (χ4n) is 3.06. The number of aliphatic hydroxyl groups excluding tert-OH is 3. The van der Waals surface area contributed by atoms with Crippen molar-refractivity contribution in [3.05, 3.63) is 42.7 Å². The quantitative estimate of drug-likeness (QED) is 0.292. The minimum absolute atomic E-state index is 0.0443. The number of nitrogens with one attached hydrogen (secondary N) is 3. The molecule has 1 saturated heterocycles.